The molecule has 0 amide bonds. The predicted octanol–water partition coefficient (Wildman–Crippen LogP) is 2.21. The van der Waals surface area contributed by atoms with Gasteiger partial charge in [0.15, 0.2) is 0 Å². The topological polar surface area (TPSA) is 40.7 Å². The molecule has 0 saturated heterocycles. The summed E-state index contributed by atoms with van der Waals surface area (Å²) in [6, 6.07) is 0. The Bertz CT molecular complexity index is 329. The van der Waals surface area contributed by atoms with Gasteiger partial charge in [0.05, 0.1) is 17.6 Å². The zero-order valence-electron chi connectivity index (χ0n) is 9.93. The summed E-state index contributed by atoms with van der Waals surface area (Å²) in [6.07, 6.45) is 5.32. The maximum Gasteiger partial charge on any atom is 0.0926 e. The van der Waals surface area contributed by atoms with Crippen LogP contribution in [0.25, 0.3) is 0 Å². The molecule has 2 rings (SSSR count). The van der Waals surface area contributed by atoms with Crippen molar-refractivity contribution in [1.29, 1.82) is 0 Å². The molecule has 1 aliphatic rings. The minimum atomic E-state index is 0.0812. The Morgan fingerprint density at radius 3 is 3.07 bits per heavy atom. The third kappa shape index (κ3) is 2.07. The molecule has 2 heterocycles. The summed E-state index contributed by atoms with van der Waals surface area (Å²) in [5, 5.41) is 3.61. The molecule has 3 heteroatoms. The number of nitrogens with zero attached hydrogens (tertiary/aromatic N) is 1. The molecular weight excluding hydrogens is 186 g/mol. The fraction of sp³-hybridized carbons (Fsp3) is 0.750. The molecule has 0 spiro atoms. The maximum absolute atomic E-state index is 4.47. The normalized spacial score (nSPS) is 25.6. The van der Waals surface area contributed by atoms with E-state index in [0.717, 1.165) is 18.9 Å². The first-order valence-corrected chi connectivity index (χ1v) is 5.89. The van der Waals surface area contributed by atoms with E-state index in [4.69, 9.17) is 0 Å². The lowest BCUT2D eigenvalue weighted by molar-refractivity contribution is 0.291. The second kappa shape index (κ2) is 3.97. The lowest BCUT2D eigenvalue weighted by atomic mass is 9.85. The van der Waals surface area contributed by atoms with Gasteiger partial charge < -0.3 is 10.3 Å². The van der Waals surface area contributed by atoms with Crippen molar-refractivity contribution in [3.8, 4) is 0 Å². The van der Waals surface area contributed by atoms with Gasteiger partial charge in [-0.15, -0.1) is 0 Å². The molecule has 0 aliphatic carbocycles. The van der Waals surface area contributed by atoms with E-state index in [1.54, 1.807) is 0 Å². The molecule has 3 nitrogen and oxygen atoms in total. The first-order valence-electron chi connectivity index (χ1n) is 5.89. The van der Waals surface area contributed by atoms with Gasteiger partial charge in [-0.3, -0.25) is 0 Å². The zero-order valence-corrected chi connectivity index (χ0v) is 9.93. The lowest BCUT2D eigenvalue weighted by Gasteiger charge is -2.34. The number of nitrogens with one attached hydrogen (secondary N) is 2. The monoisotopic (exact) mass is 207 g/mol. The number of hydrogen-bond acceptors (Lipinski definition) is 2. The molecular formula is C12H21N3. The highest BCUT2D eigenvalue weighted by Crippen LogP contribution is 2.31. The molecule has 1 aromatic heterocycles. The highest BCUT2D eigenvalue weighted by atomic mass is 15.1. The van der Waals surface area contributed by atoms with Gasteiger partial charge in [0, 0.05) is 18.7 Å². The van der Waals surface area contributed by atoms with Crippen LogP contribution in [0.3, 0.4) is 0 Å². The van der Waals surface area contributed by atoms with Gasteiger partial charge in [-0.25, -0.2) is 4.98 Å². The van der Waals surface area contributed by atoms with E-state index in [-0.39, 0.29) is 5.54 Å². The smallest absolute Gasteiger partial charge is 0.0926 e. The van der Waals surface area contributed by atoms with Crippen LogP contribution in [-0.4, -0.2) is 16.5 Å². The van der Waals surface area contributed by atoms with Crippen molar-refractivity contribution < 1.29 is 0 Å². The van der Waals surface area contributed by atoms with Crippen LogP contribution in [0.5, 0.6) is 0 Å². The molecule has 2 N–H and O–H groups in total. The van der Waals surface area contributed by atoms with E-state index in [2.05, 4.69) is 36.1 Å². The second-order valence-electron chi connectivity index (χ2n) is 5.17. The molecule has 1 aliphatic heterocycles. The average Bonchev–Trinajstić information content (AvgIpc) is 2.65. The van der Waals surface area contributed by atoms with Gasteiger partial charge in [-0.1, -0.05) is 13.8 Å². The van der Waals surface area contributed by atoms with Gasteiger partial charge in [0.1, 0.15) is 0 Å². The Balaban J connectivity index is 2.16. The van der Waals surface area contributed by atoms with Crippen molar-refractivity contribution in [3.63, 3.8) is 0 Å². The van der Waals surface area contributed by atoms with E-state index in [1.807, 2.05) is 6.33 Å². The van der Waals surface area contributed by atoms with Crippen LogP contribution < -0.4 is 5.32 Å². The summed E-state index contributed by atoms with van der Waals surface area (Å²) in [4.78, 5) is 7.72. The molecule has 0 radical (unpaired) electrons. The number of hydrogen-bond donors (Lipinski definition) is 2. The maximum atomic E-state index is 4.47. The minimum absolute atomic E-state index is 0.0812. The Hall–Kier alpha value is -0.830. The number of imidazole rings is 1. The quantitative estimate of drug-likeness (QED) is 0.797. The van der Waals surface area contributed by atoms with Crippen LogP contribution in [0.4, 0.5) is 0 Å². The van der Waals surface area contributed by atoms with Crippen LogP contribution in [0.2, 0.25) is 0 Å². The molecule has 15 heavy (non-hydrogen) atoms. The van der Waals surface area contributed by atoms with Gasteiger partial charge in [0.2, 0.25) is 0 Å². The number of aromatic amines is 1. The van der Waals surface area contributed by atoms with Crippen molar-refractivity contribution in [2.45, 2.75) is 45.6 Å². The first kappa shape index (κ1) is 10.7. The third-order valence-corrected chi connectivity index (χ3v) is 3.35. The summed E-state index contributed by atoms with van der Waals surface area (Å²) in [5.41, 5.74) is 2.63. The summed E-state index contributed by atoms with van der Waals surface area (Å²) in [7, 11) is 0. The van der Waals surface area contributed by atoms with E-state index in [9.17, 15) is 0 Å². The molecule has 84 valence electrons. The van der Waals surface area contributed by atoms with Crippen molar-refractivity contribution in [2.75, 3.05) is 6.54 Å². The molecule has 0 fully saturated rings. The van der Waals surface area contributed by atoms with E-state index >= 15 is 0 Å². The Kier molecular flexibility index (Phi) is 2.83. The summed E-state index contributed by atoms with van der Waals surface area (Å²) in [5.74, 6) is 0.757. The fourth-order valence-electron chi connectivity index (χ4n) is 2.32. The molecule has 0 saturated carbocycles. The minimum Gasteiger partial charge on any atom is -0.348 e. The van der Waals surface area contributed by atoms with Crippen LogP contribution in [0.1, 0.15) is 45.0 Å². The average molecular weight is 207 g/mol. The van der Waals surface area contributed by atoms with Crippen molar-refractivity contribution >= 4 is 0 Å². The Morgan fingerprint density at radius 1 is 1.53 bits per heavy atom. The standard InChI is InChI=1S/C12H21N3/c1-9(2)4-6-12(3)11-10(5-7-15-12)13-8-14-11/h8-9,15H,4-7H2,1-3H3,(H,13,14). The van der Waals surface area contributed by atoms with Crippen LogP contribution in [-0.2, 0) is 12.0 Å². The predicted molar refractivity (Wildman–Crippen MR) is 61.7 cm³/mol. The van der Waals surface area contributed by atoms with Crippen LogP contribution >= 0.6 is 0 Å². The molecule has 1 aromatic rings. The van der Waals surface area contributed by atoms with E-state index in [0.29, 0.717) is 0 Å². The van der Waals surface area contributed by atoms with E-state index in [1.165, 1.54) is 24.2 Å². The number of H-pyrrole nitrogens is 1. The fourth-order valence-corrected chi connectivity index (χ4v) is 2.32. The largest absolute Gasteiger partial charge is 0.348 e. The summed E-state index contributed by atoms with van der Waals surface area (Å²) < 4.78 is 0. The summed E-state index contributed by atoms with van der Waals surface area (Å²) >= 11 is 0. The SMILES string of the molecule is CC(C)CCC1(C)NCCc2[nH]cnc21. The van der Waals surface area contributed by atoms with Crippen LogP contribution in [0, 0.1) is 5.92 Å². The second-order valence-corrected chi connectivity index (χ2v) is 5.17. The van der Waals surface area contributed by atoms with Gasteiger partial charge in [0.25, 0.3) is 0 Å². The first-order chi connectivity index (χ1) is 7.12. The number of rotatable bonds is 3. The number of fused-ring (bicyclic) bond motifs is 1. The highest BCUT2D eigenvalue weighted by molar-refractivity contribution is 5.24. The molecule has 1 unspecified atom stereocenters. The molecule has 1 atom stereocenters. The van der Waals surface area contributed by atoms with Crippen molar-refractivity contribution in [3.05, 3.63) is 17.7 Å². The summed E-state index contributed by atoms with van der Waals surface area (Å²) in [6.45, 7) is 7.88. The zero-order chi connectivity index (χ0) is 10.9. The highest BCUT2D eigenvalue weighted by Gasteiger charge is 2.33. The Morgan fingerprint density at radius 2 is 2.33 bits per heavy atom. The molecule has 0 bridgehead atoms. The van der Waals surface area contributed by atoms with Crippen molar-refractivity contribution in [1.82, 2.24) is 15.3 Å². The van der Waals surface area contributed by atoms with E-state index < -0.39 is 0 Å². The van der Waals surface area contributed by atoms with Gasteiger partial charge in [-0.2, -0.15) is 0 Å². The third-order valence-electron chi connectivity index (χ3n) is 3.35. The van der Waals surface area contributed by atoms with Crippen molar-refractivity contribution in [2.24, 2.45) is 5.92 Å². The molecule has 0 aromatic carbocycles. The number of aromatic nitrogens is 2. The van der Waals surface area contributed by atoms with Gasteiger partial charge in [-0.05, 0) is 25.7 Å². The van der Waals surface area contributed by atoms with Crippen LogP contribution in [0.15, 0.2) is 6.33 Å². The Labute approximate surface area is 91.7 Å². The van der Waals surface area contributed by atoms with Gasteiger partial charge >= 0.3 is 0 Å². The lowest BCUT2D eigenvalue weighted by Crippen LogP contribution is -2.45.